The Morgan fingerprint density at radius 3 is 2.78 bits per heavy atom. The van der Waals surface area contributed by atoms with E-state index in [4.69, 9.17) is 0 Å². The highest BCUT2D eigenvalue weighted by atomic mass is 19.4. The van der Waals surface area contributed by atoms with Crippen molar-refractivity contribution in [3.63, 3.8) is 0 Å². The number of amidine groups is 1. The summed E-state index contributed by atoms with van der Waals surface area (Å²) in [6.45, 7) is -1.35. The number of benzene rings is 1. The van der Waals surface area contributed by atoms with Crippen molar-refractivity contribution in [3.8, 4) is 0 Å². The number of nitrogens with one attached hydrogen (secondary N) is 2. The average Bonchev–Trinajstić information content (AvgIpc) is 3.00. The Balaban J connectivity index is 1.87. The number of alkyl halides is 3. The number of carbonyl (C=O) groups excluding carboxylic acids is 1. The predicted octanol–water partition coefficient (Wildman–Crippen LogP) is 2.72. The molecule has 2 heterocycles. The monoisotopic (exact) mass is 321 g/mol. The largest absolute Gasteiger partial charge is 0.405 e. The molecule has 2 aliphatic rings. The minimum absolute atomic E-state index is 0.0448. The van der Waals surface area contributed by atoms with Crippen molar-refractivity contribution in [3.05, 3.63) is 59.9 Å². The van der Waals surface area contributed by atoms with E-state index in [1.165, 1.54) is 6.07 Å². The molecule has 4 nitrogen and oxygen atoms in total. The predicted molar refractivity (Wildman–Crippen MR) is 79.9 cm³/mol. The zero-order valence-corrected chi connectivity index (χ0v) is 12.0. The van der Waals surface area contributed by atoms with Gasteiger partial charge < -0.3 is 10.6 Å². The van der Waals surface area contributed by atoms with E-state index in [9.17, 15) is 18.0 Å². The van der Waals surface area contributed by atoms with Crippen LogP contribution in [-0.4, -0.2) is 24.5 Å². The van der Waals surface area contributed by atoms with Crippen LogP contribution in [-0.2, 0) is 0 Å². The smallest absolute Gasteiger partial charge is 0.350 e. The fraction of sp³-hybridized carbons (Fsp3) is 0.250. The number of hydrogen-bond donors (Lipinski definition) is 2. The molecule has 2 atom stereocenters. The first-order valence-electron chi connectivity index (χ1n) is 7.07. The zero-order valence-electron chi connectivity index (χ0n) is 12.0. The molecule has 0 aromatic heterocycles. The van der Waals surface area contributed by atoms with E-state index in [0.29, 0.717) is 5.56 Å². The van der Waals surface area contributed by atoms with Crippen molar-refractivity contribution in [2.24, 2.45) is 10.9 Å². The number of rotatable bonds is 3. The number of carbonyl (C=O) groups is 1. The first kappa shape index (κ1) is 15.3. The minimum atomic E-state index is -4.44. The lowest BCUT2D eigenvalue weighted by molar-refractivity contribution is -0.123. The van der Waals surface area contributed by atoms with E-state index in [1.54, 1.807) is 30.6 Å². The van der Waals surface area contributed by atoms with Crippen LogP contribution in [0.25, 0.3) is 0 Å². The van der Waals surface area contributed by atoms with Gasteiger partial charge in [-0.05, 0) is 17.8 Å². The van der Waals surface area contributed by atoms with Gasteiger partial charge in [-0.2, -0.15) is 13.2 Å². The third-order valence-corrected chi connectivity index (χ3v) is 3.76. The SMILES string of the molecule is O=C(NCC(F)(F)F)c1ccccc1C1C=CN=C2NC=CC21. The molecule has 0 bridgehead atoms. The molecule has 120 valence electrons. The lowest BCUT2D eigenvalue weighted by Gasteiger charge is -2.24. The highest BCUT2D eigenvalue weighted by Crippen LogP contribution is 2.34. The van der Waals surface area contributed by atoms with Gasteiger partial charge in [-0.1, -0.05) is 30.4 Å². The number of nitrogens with zero attached hydrogens (tertiary/aromatic N) is 1. The van der Waals surface area contributed by atoms with E-state index in [1.807, 2.05) is 17.5 Å². The second-order valence-corrected chi connectivity index (χ2v) is 5.30. The Morgan fingerprint density at radius 2 is 2.00 bits per heavy atom. The van der Waals surface area contributed by atoms with Gasteiger partial charge in [-0.25, -0.2) is 4.99 Å². The Morgan fingerprint density at radius 1 is 1.22 bits per heavy atom. The van der Waals surface area contributed by atoms with Gasteiger partial charge in [0, 0.05) is 23.6 Å². The van der Waals surface area contributed by atoms with Crippen LogP contribution in [0, 0.1) is 5.92 Å². The van der Waals surface area contributed by atoms with Crippen LogP contribution < -0.4 is 10.6 Å². The molecule has 2 unspecified atom stereocenters. The molecule has 0 spiro atoms. The summed E-state index contributed by atoms with van der Waals surface area (Å²) in [5, 5.41) is 4.95. The molecule has 2 N–H and O–H groups in total. The highest BCUT2D eigenvalue weighted by molar-refractivity contribution is 5.97. The van der Waals surface area contributed by atoms with Crippen molar-refractivity contribution in [1.82, 2.24) is 10.6 Å². The Hall–Kier alpha value is -2.57. The van der Waals surface area contributed by atoms with E-state index >= 15 is 0 Å². The zero-order chi connectivity index (χ0) is 16.4. The Bertz CT molecular complexity index is 707. The second kappa shape index (κ2) is 5.91. The van der Waals surface area contributed by atoms with Crippen LogP contribution in [0.15, 0.2) is 53.8 Å². The fourth-order valence-corrected chi connectivity index (χ4v) is 2.74. The lowest BCUT2D eigenvalue weighted by Crippen LogP contribution is -2.35. The summed E-state index contributed by atoms with van der Waals surface area (Å²) in [7, 11) is 0. The molecule has 2 aliphatic heterocycles. The summed E-state index contributed by atoms with van der Waals surface area (Å²) in [6, 6.07) is 6.69. The van der Waals surface area contributed by atoms with Crippen LogP contribution in [0.5, 0.6) is 0 Å². The molecule has 0 saturated carbocycles. The summed E-state index contributed by atoms with van der Waals surface area (Å²) < 4.78 is 36.9. The lowest BCUT2D eigenvalue weighted by atomic mass is 9.82. The minimum Gasteiger partial charge on any atom is -0.350 e. The number of aliphatic imine (C=N–C) groups is 1. The molecule has 0 fully saturated rings. The molecule has 3 rings (SSSR count). The first-order chi connectivity index (χ1) is 11.0. The maximum Gasteiger partial charge on any atom is 0.405 e. The number of allylic oxidation sites excluding steroid dienone is 1. The summed E-state index contributed by atoms with van der Waals surface area (Å²) in [6.07, 6.45) is 2.75. The van der Waals surface area contributed by atoms with Gasteiger partial charge >= 0.3 is 6.18 Å². The van der Waals surface area contributed by atoms with Gasteiger partial charge in [-0.15, -0.1) is 0 Å². The summed E-state index contributed by atoms with van der Waals surface area (Å²) in [5.74, 6) is -0.161. The third kappa shape index (κ3) is 3.28. The van der Waals surface area contributed by atoms with Crippen LogP contribution in [0.3, 0.4) is 0 Å². The standard InChI is InChI=1S/C16H14F3N3O/c17-16(18,19)9-22-15(23)13-4-2-1-3-10(13)11-5-7-20-14-12(11)6-8-21-14/h1-8,11-12H,9H2,(H,20,21)(H,22,23). The molecule has 1 amide bonds. The van der Waals surface area contributed by atoms with E-state index in [-0.39, 0.29) is 17.4 Å². The maximum absolute atomic E-state index is 12.3. The molecule has 1 aromatic carbocycles. The average molecular weight is 321 g/mol. The molecule has 0 saturated heterocycles. The van der Waals surface area contributed by atoms with Crippen molar-refractivity contribution in [2.45, 2.75) is 12.1 Å². The number of amides is 1. The van der Waals surface area contributed by atoms with Crippen molar-refractivity contribution in [2.75, 3.05) is 6.54 Å². The van der Waals surface area contributed by atoms with Gasteiger partial charge in [0.25, 0.3) is 5.91 Å². The highest BCUT2D eigenvalue weighted by Gasteiger charge is 2.32. The van der Waals surface area contributed by atoms with Crippen molar-refractivity contribution >= 4 is 11.7 Å². The van der Waals surface area contributed by atoms with Crippen LogP contribution >= 0.6 is 0 Å². The molecule has 7 heteroatoms. The number of halogens is 3. The quantitative estimate of drug-likeness (QED) is 0.899. The summed E-state index contributed by atoms with van der Waals surface area (Å²) in [4.78, 5) is 16.4. The summed E-state index contributed by atoms with van der Waals surface area (Å²) >= 11 is 0. The van der Waals surface area contributed by atoms with Crippen molar-refractivity contribution < 1.29 is 18.0 Å². The van der Waals surface area contributed by atoms with Gasteiger partial charge in [0.05, 0.1) is 0 Å². The second-order valence-electron chi connectivity index (χ2n) is 5.30. The molecule has 23 heavy (non-hydrogen) atoms. The van der Waals surface area contributed by atoms with E-state index in [0.717, 1.165) is 5.84 Å². The van der Waals surface area contributed by atoms with Gasteiger partial charge in [0.2, 0.25) is 0 Å². The maximum atomic E-state index is 12.3. The first-order valence-corrected chi connectivity index (χ1v) is 7.07. The normalized spacial score (nSPS) is 22.3. The van der Waals surface area contributed by atoms with Gasteiger partial charge in [0.1, 0.15) is 12.4 Å². The molecule has 0 aliphatic carbocycles. The van der Waals surface area contributed by atoms with Gasteiger partial charge in [0.15, 0.2) is 0 Å². The summed E-state index contributed by atoms with van der Waals surface area (Å²) in [5.41, 5.74) is 0.919. The van der Waals surface area contributed by atoms with Gasteiger partial charge in [-0.3, -0.25) is 4.79 Å². The van der Waals surface area contributed by atoms with Crippen LogP contribution in [0.2, 0.25) is 0 Å². The Labute approximate surface area is 130 Å². The molecular formula is C16H14F3N3O. The molecular weight excluding hydrogens is 307 g/mol. The van der Waals surface area contributed by atoms with E-state index < -0.39 is 18.6 Å². The van der Waals surface area contributed by atoms with Crippen LogP contribution in [0.4, 0.5) is 13.2 Å². The van der Waals surface area contributed by atoms with E-state index in [2.05, 4.69) is 10.3 Å². The van der Waals surface area contributed by atoms with Crippen LogP contribution in [0.1, 0.15) is 21.8 Å². The van der Waals surface area contributed by atoms with Crippen molar-refractivity contribution in [1.29, 1.82) is 0 Å². The third-order valence-electron chi connectivity index (χ3n) is 3.76. The molecule has 0 radical (unpaired) electrons. The number of hydrogen-bond acceptors (Lipinski definition) is 3. The fourth-order valence-electron chi connectivity index (χ4n) is 2.74. The Kier molecular flexibility index (Phi) is 3.94. The number of fused-ring (bicyclic) bond motifs is 1. The molecule has 1 aromatic rings. The topological polar surface area (TPSA) is 53.5 Å².